The van der Waals surface area contributed by atoms with Crippen LogP contribution in [-0.2, 0) is 19.6 Å². The number of thiophene rings is 1. The Morgan fingerprint density at radius 1 is 0.972 bits per heavy atom. The monoisotopic (exact) mass is 516 g/mol. The second-order valence-corrected chi connectivity index (χ2v) is 9.73. The molecule has 0 unspecified atom stereocenters. The van der Waals surface area contributed by atoms with Gasteiger partial charge in [-0.1, -0.05) is 24.3 Å². The predicted octanol–water partition coefficient (Wildman–Crippen LogP) is 6.46. The molecule has 0 fully saturated rings. The summed E-state index contributed by atoms with van der Waals surface area (Å²) in [6, 6.07) is 13.8. The number of hydrogen-bond donors (Lipinski definition) is 1. The van der Waals surface area contributed by atoms with E-state index in [1.807, 2.05) is 45.2 Å². The molecule has 0 saturated heterocycles. The lowest BCUT2D eigenvalue weighted by Gasteiger charge is -2.17. The van der Waals surface area contributed by atoms with Gasteiger partial charge in [0, 0.05) is 18.0 Å². The van der Waals surface area contributed by atoms with Crippen LogP contribution in [0.15, 0.2) is 48.5 Å². The van der Waals surface area contributed by atoms with Gasteiger partial charge in [-0.25, -0.2) is 9.97 Å². The maximum absolute atomic E-state index is 12.6. The first kappa shape index (κ1) is 25.7. The van der Waals surface area contributed by atoms with Gasteiger partial charge in [0.2, 0.25) is 0 Å². The molecule has 2 heterocycles. The van der Waals surface area contributed by atoms with Crippen LogP contribution < -0.4 is 14.8 Å². The highest BCUT2D eigenvalue weighted by atomic mass is 32.1. The van der Waals surface area contributed by atoms with Crippen LogP contribution in [0.2, 0.25) is 0 Å². The number of aryl methyl sites for hydroxylation is 2. The maximum atomic E-state index is 12.6. The van der Waals surface area contributed by atoms with Crippen LogP contribution in [0.25, 0.3) is 10.2 Å². The van der Waals surface area contributed by atoms with Gasteiger partial charge in [0.15, 0.2) is 0 Å². The number of benzene rings is 2. The molecule has 2 aromatic heterocycles. The summed E-state index contributed by atoms with van der Waals surface area (Å²) >= 11 is 1.60. The van der Waals surface area contributed by atoms with Crippen LogP contribution in [-0.4, -0.2) is 35.4 Å². The first-order chi connectivity index (χ1) is 17.1. The van der Waals surface area contributed by atoms with Crippen LogP contribution >= 0.6 is 11.3 Å². The van der Waals surface area contributed by atoms with Crippen molar-refractivity contribution in [1.82, 2.24) is 14.9 Å². The molecule has 0 radical (unpaired) electrons. The van der Waals surface area contributed by atoms with Gasteiger partial charge in [-0.05, 0) is 61.9 Å². The lowest BCUT2D eigenvalue weighted by atomic mass is 10.2. The van der Waals surface area contributed by atoms with Gasteiger partial charge < -0.3 is 14.8 Å². The van der Waals surface area contributed by atoms with Crippen molar-refractivity contribution >= 4 is 27.4 Å². The third-order valence-electron chi connectivity index (χ3n) is 5.66. The number of aromatic nitrogens is 2. The number of rotatable bonds is 9. The number of halogens is 3. The standard InChI is InChI=1S/C26H27F3N4O2S/c1-16-17(2)36-25-23(16)24(30-13-18-7-5-10-21(11-18)35-26(27,28)29)31-22(32-25)15-33(3)14-19-8-6-9-20(12-19)34-4/h5-12H,13-15H2,1-4H3,(H,30,31,32). The van der Waals surface area contributed by atoms with Crippen molar-refractivity contribution in [3.05, 3.63) is 75.9 Å². The molecule has 0 amide bonds. The van der Waals surface area contributed by atoms with Crippen molar-refractivity contribution in [3.8, 4) is 11.5 Å². The highest BCUT2D eigenvalue weighted by Crippen LogP contribution is 2.34. The molecule has 4 aromatic rings. The SMILES string of the molecule is COc1cccc(CN(C)Cc2nc(NCc3cccc(OC(F)(F)F)c3)c3c(C)c(C)sc3n2)c1. The van der Waals surface area contributed by atoms with Gasteiger partial charge in [-0.3, -0.25) is 4.90 Å². The quantitative estimate of drug-likeness (QED) is 0.276. The molecule has 0 spiro atoms. The zero-order chi connectivity index (χ0) is 25.9. The molecular weight excluding hydrogens is 489 g/mol. The van der Waals surface area contributed by atoms with Crippen molar-refractivity contribution in [2.75, 3.05) is 19.5 Å². The molecular formula is C26H27F3N4O2S. The minimum absolute atomic E-state index is 0.253. The normalized spacial score (nSPS) is 11.8. The fourth-order valence-electron chi connectivity index (χ4n) is 3.91. The number of anilines is 1. The zero-order valence-electron chi connectivity index (χ0n) is 20.4. The average Bonchev–Trinajstić information content (AvgIpc) is 3.10. The molecule has 1 N–H and O–H groups in total. The lowest BCUT2D eigenvalue weighted by molar-refractivity contribution is -0.274. The highest BCUT2D eigenvalue weighted by molar-refractivity contribution is 7.18. The number of methoxy groups -OCH3 is 1. The molecule has 0 aliphatic heterocycles. The van der Waals surface area contributed by atoms with Gasteiger partial charge in [0.05, 0.1) is 19.0 Å². The number of nitrogens with zero attached hydrogens (tertiary/aromatic N) is 3. The molecule has 2 aromatic carbocycles. The molecule has 6 nitrogen and oxygen atoms in total. The fraction of sp³-hybridized carbons (Fsp3) is 0.308. The van der Waals surface area contributed by atoms with Crippen LogP contribution in [0.1, 0.15) is 27.4 Å². The number of nitrogens with one attached hydrogen (secondary N) is 1. The van der Waals surface area contributed by atoms with Gasteiger partial charge in [-0.15, -0.1) is 24.5 Å². The van der Waals surface area contributed by atoms with Gasteiger partial charge in [-0.2, -0.15) is 0 Å². The number of alkyl halides is 3. The molecule has 190 valence electrons. The summed E-state index contributed by atoms with van der Waals surface area (Å²) < 4.78 is 47.2. The van der Waals surface area contributed by atoms with Crippen LogP contribution in [0.5, 0.6) is 11.5 Å². The Bertz CT molecular complexity index is 1360. The van der Waals surface area contributed by atoms with E-state index in [2.05, 4.69) is 15.0 Å². The molecule has 10 heteroatoms. The Labute approximate surface area is 211 Å². The first-order valence-electron chi connectivity index (χ1n) is 11.3. The predicted molar refractivity (Wildman–Crippen MR) is 136 cm³/mol. The summed E-state index contributed by atoms with van der Waals surface area (Å²) in [5.74, 6) is 1.87. The van der Waals surface area contributed by atoms with E-state index < -0.39 is 6.36 Å². The molecule has 4 rings (SSSR count). The smallest absolute Gasteiger partial charge is 0.497 e. The summed E-state index contributed by atoms with van der Waals surface area (Å²) in [5.41, 5.74) is 2.84. The van der Waals surface area contributed by atoms with E-state index in [1.54, 1.807) is 24.5 Å². The first-order valence-corrected chi connectivity index (χ1v) is 12.1. The Morgan fingerprint density at radius 2 is 1.67 bits per heavy atom. The van der Waals surface area contributed by atoms with Crippen molar-refractivity contribution in [2.45, 2.75) is 39.8 Å². The number of ether oxygens (including phenoxy) is 2. The summed E-state index contributed by atoms with van der Waals surface area (Å²) in [6.45, 7) is 5.56. The number of fused-ring (bicyclic) bond motifs is 1. The van der Waals surface area contributed by atoms with E-state index in [-0.39, 0.29) is 12.3 Å². The molecule has 0 aliphatic carbocycles. The van der Waals surface area contributed by atoms with Crippen molar-refractivity contribution in [1.29, 1.82) is 0 Å². The Kier molecular flexibility index (Phi) is 7.65. The minimum atomic E-state index is -4.73. The molecule has 0 saturated carbocycles. The van der Waals surface area contributed by atoms with Gasteiger partial charge in [0.25, 0.3) is 0 Å². The summed E-state index contributed by atoms with van der Waals surface area (Å²) in [4.78, 5) is 13.7. The molecule has 36 heavy (non-hydrogen) atoms. The van der Waals surface area contributed by atoms with E-state index in [4.69, 9.17) is 14.7 Å². The van der Waals surface area contributed by atoms with Crippen molar-refractivity contribution in [2.24, 2.45) is 0 Å². The largest absolute Gasteiger partial charge is 0.573 e. The van der Waals surface area contributed by atoms with E-state index in [9.17, 15) is 13.2 Å². The van der Waals surface area contributed by atoms with Crippen molar-refractivity contribution in [3.63, 3.8) is 0 Å². The van der Waals surface area contributed by atoms with Crippen LogP contribution in [0.4, 0.5) is 19.0 Å². The Balaban J connectivity index is 1.55. The van der Waals surface area contributed by atoms with E-state index in [1.165, 1.54) is 18.2 Å². The Hall–Kier alpha value is -3.37. The fourth-order valence-corrected chi connectivity index (χ4v) is 4.96. The summed E-state index contributed by atoms with van der Waals surface area (Å²) in [7, 11) is 3.64. The van der Waals surface area contributed by atoms with E-state index in [0.717, 1.165) is 32.0 Å². The van der Waals surface area contributed by atoms with Gasteiger partial charge >= 0.3 is 6.36 Å². The Morgan fingerprint density at radius 3 is 2.39 bits per heavy atom. The minimum Gasteiger partial charge on any atom is -0.497 e. The van der Waals surface area contributed by atoms with Gasteiger partial charge in [0.1, 0.15) is 28.0 Å². The van der Waals surface area contributed by atoms with Crippen molar-refractivity contribution < 1.29 is 22.6 Å². The lowest BCUT2D eigenvalue weighted by Crippen LogP contribution is -2.19. The number of hydrogen-bond acceptors (Lipinski definition) is 7. The summed E-state index contributed by atoms with van der Waals surface area (Å²) in [5, 5.41) is 4.24. The highest BCUT2D eigenvalue weighted by Gasteiger charge is 2.31. The van der Waals surface area contributed by atoms with Crippen LogP contribution in [0.3, 0.4) is 0 Å². The zero-order valence-corrected chi connectivity index (χ0v) is 21.3. The van der Waals surface area contributed by atoms with E-state index >= 15 is 0 Å². The molecule has 0 aliphatic rings. The maximum Gasteiger partial charge on any atom is 0.573 e. The summed E-state index contributed by atoms with van der Waals surface area (Å²) in [6.07, 6.45) is -4.73. The topological polar surface area (TPSA) is 59.5 Å². The second kappa shape index (κ2) is 10.7. The van der Waals surface area contributed by atoms with E-state index in [0.29, 0.717) is 30.3 Å². The second-order valence-electron chi connectivity index (χ2n) is 8.52. The third kappa shape index (κ3) is 6.44. The molecule has 0 bridgehead atoms. The molecule has 0 atom stereocenters. The van der Waals surface area contributed by atoms with Crippen LogP contribution in [0, 0.1) is 13.8 Å². The average molecular weight is 517 g/mol. The third-order valence-corrected chi connectivity index (χ3v) is 6.77.